The van der Waals surface area contributed by atoms with E-state index >= 15 is 0 Å². The predicted octanol–water partition coefficient (Wildman–Crippen LogP) is 4.36. The largest absolute Gasteiger partial charge is 0.322 e. The van der Waals surface area contributed by atoms with Crippen LogP contribution < -0.4 is 5.32 Å². The van der Waals surface area contributed by atoms with E-state index in [-0.39, 0.29) is 11.7 Å². The molecule has 1 N–H and O–H groups in total. The smallest absolute Gasteiger partial charge is 0.256 e. The molecule has 2 nitrogen and oxygen atoms in total. The maximum atomic E-state index is 13.1. The lowest BCUT2D eigenvalue weighted by molar-refractivity contribution is 0.102. The molecular formula is C16H14FNOS. The molecule has 102 valence electrons. The molecule has 2 aromatic rings. The first-order chi connectivity index (χ1) is 9.70. The zero-order chi connectivity index (χ0) is 14.4. The predicted molar refractivity (Wildman–Crippen MR) is 81.7 cm³/mol. The molecule has 0 aliphatic carbocycles. The van der Waals surface area contributed by atoms with Crippen molar-refractivity contribution in [1.29, 1.82) is 0 Å². The minimum absolute atomic E-state index is 0.247. The Hall–Kier alpha value is -2.07. The molecule has 0 aliphatic heterocycles. The molecule has 2 rings (SSSR count). The van der Waals surface area contributed by atoms with E-state index in [1.807, 2.05) is 12.1 Å². The van der Waals surface area contributed by atoms with E-state index < -0.39 is 0 Å². The Morgan fingerprint density at radius 1 is 1.25 bits per heavy atom. The van der Waals surface area contributed by atoms with Crippen molar-refractivity contribution >= 4 is 23.4 Å². The van der Waals surface area contributed by atoms with Gasteiger partial charge in [0.2, 0.25) is 0 Å². The van der Waals surface area contributed by atoms with E-state index in [4.69, 9.17) is 0 Å². The van der Waals surface area contributed by atoms with E-state index in [1.165, 1.54) is 23.9 Å². The van der Waals surface area contributed by atoms with Crippen LogP contribution in [0.3, 0.4) is 0 Å². The molecule has 0 fully saturated rings. The van der Waals surface area contributed by atoms with Gasteiger partial charge in [-0.05, 0) is 30.3 Å². The van der Waals surface area contributed by atoms with E-state index in [9.17, 15) is 9.18 Å². The highest BCUT2D eigenvalue weighted by atomic mass is 32.2. The van der Waals surface area contributed by atoms with Crippen LogP contribution in [0.1, 0.15) is 10.4 Å². The molecule has 0 aliphatic rings. The highest BCUT2D eigenvalue weighted by Crippen LogP contribution is 2.23. The second-order valence-corrected chi connectivity index (χ2v) is 5.12. The molecule has 0 atom stereocenters. The number of nitrogens with one attached hydrogen (secondary N) is 1. The van der Waals surface area contributed by atoms with Gasteiger partial charge in [0.25, 0.3) is 5.91 Å². The monoisotopic (exact) mass is 287 g/mol. The lowest BCUT2D eigenvalue weighted by atomic mass is 10.2. The van der Waals surface area contributed by atoms with Crippen LogP contribution in [0, 0.1) is 5.82 Å². The normalized spacial score (nSPS) is 10.1. The summed E-state index contributed by atoms with van der Waals surface area (Å²) < 4.78 is 13.1. The van der Waals surface area contributed by atoms with E-state index in [0.717, 1.165) is 10.6 Å². The van der Waals surface area contributed by atoms with Crippen LogP contribution in [-0.2, 0) is 0 Å². The van der Waals surface area contributed by atoms with Crippen LogP contribution in [-0.4, -0.2) is 11.7 Å². The van der Waals surface area contributed by atoms with Crippen molar-refractivity contribution in [3.63, 3.8) is 0 Å². The van der Waals surface area contributed by atoms with Crippen LogP contribution in [0.5, 0.6) is 0 Å². The Kier molecular flexibility index (Phi) is 4.96. The summed E-state index contributed by atoms with van der Waals surface area (Å²) in [6.07, 6.45) is 1.78. The number of carbonyl (C=O) groups excluding carboxylic acids is 1. The van der Waals surface area contributed by atoms with Crippen LogP contribution in [0.2, 0.25) is 0 Å². The van der Waals surface area contributed by atoms with Crippen molar-refractivity contribution in [2.45, 2.75) is 4.90 Å². The van der Waals surface area contributed by atoms with E-state index in [1.54, 1.807) is 30.3 Å². The van der Waals surface area contributed by atoms with E-state index in [0.29, 0.717) is 11.3 Å². The Bertz CT molecular complexity index is 627. The number of halogens is 1. The topological polar surface area (TPSA) is 29.1 Å². The number of amides is 1. The average molecular weight is 287 g/mol. The first-order valence-electron chi connectivity index (χ1n) is 6.10. The molecule has 0 bridgehead atoms. The van der Waals surface area contributed by atoms with Gasteiger partial charge in [0.1, 0.15) is 5.82 Å². The fraction of sp³-hybridized carbons (Fsp3) is 0.0625. The summed E-state index contributed by atoms with van der Waals surface area (Å²) in [6, 6.07) is 13.2. The van der Waals surface area contributed by atoms with Crippen molar-refractivity contribution in [1.82, 2.24) is 0 Å². The van der Waals surface area contributed by atoms with Crippen molar-refractivity contribution < 1.29 is 9.18 Å². The second kappa shape index (κ2) is 6.91. The molecule has 0 spiro atoms. The average Bonchev–Trinajstić information content (AvgIpc) is 2.45. The minimum Gasteiger partial charge on any atom is -0.322 e. The molecule has 0 aromatic heterocycles. The first-order valence-corrected chi connectivity index (χ1v) is 7.09. The number of rotatable bonds is 5. The zero-order valence-corrected chi connectivity index (χ0v) is 11.6. The fourth-order valence-electron chi connectivity index (χ4n) is 1.69. The molecule has 0 saturated carbocycles. The van der Waals surface area contributed by atoms with Gasteiger partial charge in [-0.25, -0.2) is 4.39 Å². The number of benzene rings is 2. The second-order valence-electron chi connectivity index (χ2n) is 4.06. The molecule has 0 unspecified atom stereocenters. The van der Waals surface area contributed by atoms with Crippen LogP contribution in [0.4, 0.5) is 10.1 Å². The highest BCUT2D eigenvalue weighted by Gasteiger charge is 2.11. The van der Waals surface area contributed by atoms with Crippen LogP contribution in [0.15, 0.2) is 66.1 Å². The van der Waals surface area contributed by atoms with Gasteiger partial charge in [0.05, 0.1) is 5.56 Å². The van der Waals surface area contributed by atoms with Gasteiger partial charge in [0, 0.05) is 16.3 Å². The van der Waals surface area contributed by atoms with Gasteiger partial charge in [-0.2, -0.15) is 0 Å². The van der Waals surface area contributed by atoms with E-state index in [2.05, 4.69) is 11.9 Å². The van der Waals surface area contributed by atoms with Crippen LogP contribution in [0.25, 0.3) is 0 Å². The van der Waals surface area contributed by atoms with Gasteiger partial charge in [-0.15, -0.1) is 18.3 Å². The number of thioether (sulfide) groups is 1. The van der Waals surface area contributed by atoms with Gasteiger partial charge >= 0.3 is 0 Å². The molecule has 2 aromatic carbocycles. The van der Waals surface area contributed by atoms with Gasteiger partial charge in [-0.3, -0.25) is 4.79 Å². The Labute approximate surface area is 121 Å². The molecule has 20 heavy (non-hydrogen) atoms. The minimum atomic E-state index is -0.378. The number of anilines is 1. The van der Waals surface area contributed by atoms with Crippen molar-refractivity contribution in [2.24, 2.45) is 0 Å². The zero-order valence-electron chi connectivity index (χ0n) is 10.8. The van der Waals surface area contributed by atoms with Gasteiger partial charge in [0.15, 0.2) is 0 Å². The van der Waals surface area contributed by atoms with Crippen molar-refractivity contribution in [3.8, 4) is 0 Å². The third-order valence-electron chi connectivity index (χ3n) is 2.57. The number of hydrogen-bond donors (Lipinski definition) is 1. The summed E-state index contributed by atoms with van der Waals surface area (Å²) in [5, 5.41) is 2.70. The maximum absolute atomic E-state index is 13.1. The summed E-state index contributed by atoms with van der Waals surface area (Å²) in [5.74, 6) is 0.101. The lowest BCUT2D eigenvalue weighted by Gasteiger charge is -2.09. The molecule has 0 heterocycles. The Morgan fingerprint density at radius 2 is 2.05 bits per heavy atom. The SMILES string of the molecule is C=CCSc1ccccc1C(=O)Nc1cccc(F)c1. The van der Waals surface area contributed by atoms with Crippen molar-refractivity contribution in [3.05, 3.63) is 72.6 Å². The fourth-order valence-corrected chi connectivity index (χ4v) is 2.48. The number of carbonyl (C=O) groups is 1. The number of hydrogen-bond acceptors (Lipinski definition) is 2. The summed E-state index contributed by atoms with van der Waals surface area (Å²) in [6.45, 7) is 3.66. The highest BCUT2D eigenvalue weighted by molar-refractivity contribution is 7.99. The van der Waals surface area contributed by atoms with Crippen molar-refractivity contribution in [2.75, 3.05) is 11.1 Å². The summed E-state index contributed by atoms with van der Waals surface area (Å²) in [5.41, 5.74) is 1.02. The third-order valence-corrected chi connectivity index (χ3v) is 3.64. The van der Waals surface area contributed by atoms with Crippen LogP contribution >= 0.6 is 11.8 Å². The summed E-state index contributed by atoms with van der Waals surface area (Å²) >= 11 is 1.54. The summed E-state index contributed by atoms with van der Waals surface area (Å²) in [4.78, 5) is 13.1. The standard InChI is InChI=1S/C16H14FNOS/c1-2-10-20-15-9-4-3-8-14(15)16(19)18-13-7-5-6-12(17)11-13/h2-9,11H,1,10H2,(H,18,19). The van der Waals surface area contributed by atoms with Gasteiger partial charge in [-0.1, -0.05) is 24.3 Å². The first kappa shape index (κ1) is 14.3. The Balaban J connectivity index is 2.18. The quantitative estimate of drug-likeness (QED) is 0.654. The Morgan fingerprint density at radius 3 is 2.80 bits per heavy atom. The third kappa shape index (κ3) is 3.71. The molecule has 0 radical (unpaired) electrons. The molecular weight excluding hydrogens is 273 g/mol. The van der Waals surface area contributed by atoms with Gasteiger partial charge < -0.3 is 5.32 Å². The lowest BCUT2D eigenvalue weighted by Crippen LogP contribution is -2.13. The molecule has 1 amide bonds. The molecule has 0 saturated heterocycles. The summed E-state index contributed by atoms with van der Waals surface area (Å²) in [7, 11) is 0. The maximum Gasteiger partial charge on any atom is 0.256 e. The molecule has 4 heteroatoms.